The highest BCUT2D eigenvalue weighted by atomic mass is 16.6. The number of ether oxygens (including phenoxy) is 1. The quantitative estimate of drug-likeness (QED) is 0.836. The summed E-state index contributed by atoms with van der Waals surface area (Å²) in [5.41, 5.74) is 1.77. The molecule has 1 N–H and O–H groups in total. The van der Waals surface area contributed by atoms with Crippen molar-refractivity contribution in [3.05, 3.63) is 29.6 Å². The number of aryl methyl sites for hydroxylation is 2. The van der Waals surface area contributed by atoms with E-state index in [4.69, 9.17) is 4.74 Å². The van der Waals surface area contributed by atoms with Crippen LogP contribution in [0.15, 0.2) is 18.3 Å². The average Bonchev–Trinajstić information content (AvgIpc) is 2.24. The molecule has 0 spiro atoms. The number of hydrogen-bond donors (Lipinski definition) is 1. The van der Waals surface area contributed by atoms with Crippen molar-refractivity contribution in [1.29, 1.82) is 0 Å². The standard InChI is InChI=1S/C14H22N2O2/c1-11-7-8-12(10-16-11)6-5-9-15-13(17)18-14(2,3)4/h7-8,10H,5-6,9H2,1-4H3,(H,15,17). The van der Waals surface area contributed by atoms with Crippen LogP contribution in [0.4, 0.5) is 4.79 Å². The van der Waals surface area contributed by atoms with E-state index in [1.807, 2.05) is 40.0 Å². The smallest absolute Gasteiger partial charge is 0.407 e. The van der Waals surface area contributed by atoms with Crippen molar-refractivity contribution in [2.24, 2.45) is 0 Å². The molecule has 18 heavy (non-hydrogen) atoms. The van der Waals surface area contributed by atoms with Crippen LogP contribution in [-0.2, 0) is 11.2 Å². The molecule has 0 aliphatic heterocycles. The Morgan fingerprint density at radius 1 is 1.39 bits per heavy atom. The van der Waals surface area contributed by atoms with E-state index < -0.39 is 5.60 Å². The summed E-state index contributed by atoms with van der Waals surface area (Å²) >= 11 is 0. The van der Waals surface area contributed by atoms with Gasteiger partial charge in [-0.1, -0.05) is 6.07 Å². The normalized spacial score (nSPS) is 11.1. The first-order chi connectivity index (χ1) is 8.37. The number of nitrogens with zero attached hydrogens (tertiary/aromatic N) is 1. The topological polar surface area (TPSA) is 51.2 Å². The number of alkyl carbamates (subject to hydrolysis) is 1. The third kappa shape index (κ3) is 6.23. The number of rotatable bonds is 4. The summed E-state index contributed by atoms with van der Waals surface area (Å²) in [7, 11) is 0. The van der Waals surface area contributed by atoms with E-state index in [-0.39, 0.29) is 6.09 Å². The van der Waals surface area contributed by atoms with Gasteiger partial charge in [0.1, 0.15) is 5.60 Å². The Balaban J connectivity index is 2.19. The Labute approximate surface area is 109 Å². The maximum Gasteiger partial charge on any atom is 0.407 e. The van der Waals surface area contributed by atoms with Gasteiger partial charge < -0.3 is 10.1 Å². The monoisotopic (exact) mass is 250 g/mol. The van der Waals surface area contributed by atoms with Gasteiger partial charge in [-0.25, -0.2) is 4.79 Å². The lowest BCUT2D eigenvalue weighted by atomic mass is 10.1. The maximum absolute atomic E-state index is 11.4. The number of pyridine rings is 1. The molecule has 0 fully saturated rings. The molecule has 100 valence electrons. The van der Waals surface area contributed by atoms with Gasteiger partial charge in [-0.15, -0.1) is 0 Å². The van der Waals surface area contributed by atoms with Crippen molar-refractivity contribution in [2.45, 2.75) is 46.1 Å². The SMILES string of the molecule is Cc1ccc(CCCNC(=O)OC(C)(C)C)cn1. The number of carbonyl (C=O) groups excluding carboxylic acids is 1. The van der Waals surface area contributed by atoms with E-state index in [1.165, 1.54) is 5.56 Å². The zero-order chi connectivity index (χ0) is 13.6. The average molecular weight is 250 g/mol. The highest BCUT2D eigenvalue weighted by molar-refractivity contribution is 5.67. The summed E-state index contributed by atoms with van der Waals surface area (Å²) in [6.45, 7) is 8.14. The molecule has 0 bridgehead atoms. The summed E-state index contributed by atoms with van der Waals surface area (Å²) in [4.78, 5) is 15.6. The van der Waals surface area contributed by atoms with Gasteiger partial charge in [0.05, 0.1) is 0 Å². The minimum atomic E-state index is -0.440. The summed E-state index contributed by atoms with van der Waals surface area (Å²) in [6.07, 6.45) is 3.31. The molecule has 1 heterocycles. The fourth-order valence-corrected chi connectivity index (χ4v) is 1.44. The molecular formula is C14H22N2O2. The molecule has 1 aromatic heterocycles. The highest BCUT2D eigenvalue weighted by Crippen LogP contribution is 2.06. The van der Waals surface area contributed by atoms with Crippen molar-refractivity contribution in [1.82, 2.24) is 10.3 Å². The number of aromatic nitrogens is 1. The van der Waals surface area contributed by atoms with Crippen LogP contribution in [0.2, 0.25) is 0 Å². The zero-order valence-electron chi connectivity index (χ0n) is 11.6. The third-order valence-corrected chi connectivity index (χ3v) is 2.28. The minimum absolute atomic E-state index is 0.357. The van der Waals surface area contributed by atoms with Gasteiger partial charge in [-0.2, -0.15) is 0 Å². The van der Waals surface area contributed by atoms with Gasteiger partial charge in [0.15, 0.2) is 0 Å². The molecule has 4 heteroatoms. The summed E-state index contributed by atoms with van der Waals surface area (Å²) < 4.78 is 5.14. The first-order valence-electron chi connectivity index (χ1n) is 6.25. The third-order valence-electron chi connectivity index (χ3n) is 2.28. The van der Waals surface area contributed by atoms with Crippen LogP contribution in [0.1, 0.15) is 38.4 Å². The molecule has 1 amide bonds. The molecule has 0 saturated heterocycles. The molecule has 4 nitrogen and oxygen atoms in total. The van der Waals surface area contributed by atoms with E-state index in [2.05, 4.69) is 16.4 Å². The number of hydrogen-bond acceptors (Lipinski definition) is 3. The van der Waals surface area contributed by atoms with Gasteiger partial charge in [0, 0.05) is 18.4 Å². The van der Waals surface area contributed by atoms with Crippen molar-refractivity contribution in [3.8, 4) is 0 Å². The van der Waals surface area contributed by atoms with Crippen LogP contribution in [-0.4, -0.2) is 23.2 Å². The lowest BCUT2D eigenvalue weighted by Crippen LogP contribution is -2.33. The van der Waals surface area contributed by atoms with Gasteiger partial charge in [-0.3, -0.25) is 4.98 Å². The van der Waals surface area contributed by atoms with Crippen LogP contribution in [0.25, 0.3) is 0 Å². The first-order valence-corrected chi connectivity index (χ1v) is 6.25. The fraction of sp³-hybridized carbons (Fsp3) is 0.571. The zero-order valence-corrected chi connectivity index (χ0v) is 11.6. The lowest BCUT2D eigenvalue weighted by Gasteiger charge is -2.19. The van der Waals surface area contributed by atoms with Crippen LogP contribution >= 0.6 is 0 Å². The molecule has 1 rings (SSSR count). The van der Waals surface area contributed by atoms with Crippen LogP contribution < -0.4 is 5.32 Å². The number of carbonyl (C=O) groups is 1. The van der Waals surface area contributed by atoms with E-state index >= 15 is 0 Å². The van der Waals surface area contributed by atoms with Gasteiger partial charge in [0.2, 0.25) is 0 Å². The predicted molar refractivity (Wildman–Crippen MR) is 71.5 cm³/mol. The second kappa shape index (κ2) is 6.38. The molecule has 0 atom stereocenters. The van der Waals surface area contributed by atoms with Crippen molar-refractivity contribution in [2.75, 3.05) is 6.54 Å². The molecule has 0 aliphatic carbocycles. The van der Waals surface area contributed by atoms with Gasteiger partial charge in [-0.05, 0) is 52.2 Å². The van der Waals surface area contributed by atoms with E-state index in [1.54, 1.807) is 0 Å². The predicted octanol–water partition coefficient (Wildman–Crippen LogP) is 2.85. The second-order valence-corrected chi connectivity index (χ2v) is 5.34. The largest absolute Gasteiger partial charge is 0.444 e. The van der Waals surface area contributed by atoms with E-state index in [0.717, 1.165) is 18.5 Å². The molecule has 0 radical (unpaired) electrons. The molecule has 0 aromatic carbocycles. The Morgan fingerprint density at radius 3 is 2.67 bits per heavy atom. The Bertz CT molecular complexity index is 380. The minimum Gasteiger partial charge on any atom is -0.444 e. The molecular weight excluding hydrogens is 228 g/mol. The van der Waals surface area contributed by atoms with Crippen LogP contribution in [0, 0.1) is 6.92 Å². The van der Waals surface area contributed by atoms with Crippen LogP contribution in [0.5, 0.6) is 0 Å². The van der Waals surface area contributed by atoms with E-state index in [9.17, 15) is 4.79 Å². The first kappa shape index (κ1) is 14.5. The molecule has 0 unspecified atom stereocenters. The second-order valence-electron chi connectivity index (χ2n) is 5.34. The summed E-state index contributed by atoms with van der Waals surface area (Å²) in [6, 6.07) is 4.06. The van der Waals surface area contributed by atoms with Crippen molar-refractivity contribution < 1.29 is 9.53 Å². The van der Waals surface area contributed by atoms with Crippen molar-refractivity contribution >= 4 is 6.09 Å². The number of amides is 1. The summed E-state index contributed by atoms with van der Waals surface area (Å²) in [5, 5.41) is 2.74. The van der Waals surface area contributed by atoms with E-state index in [0.29, 0.717) is 6.54 Å². The number of nitrogens with one attached hydrogen (secondary N) is 1. The molecule has 0 saturated carbocycles. The Hall–Kier alpha value is -1.58. The van der Waals surface area contributed by atoms with Crippen molar-refractivity contribution in [3.63, 3.8) is 0 Å². The van der Waals surface area contributed by atoms with Gasteiger partial charge >= 0.3 is 6.09 Å². The maximum atomic E-state index is 11.4. The lowest BCUT2D eigenvalue weighted by molar-refractivity contribution is 0.0527. The highest BCUT2D eigenvalue weighted by Gasteiger charge is 2.15. The molecule has 1 aromatic rings. The van der Waals surface area contributed by atoms with Gasteiger partial charge in [0.25, 0.3) is 0 Å². The van der Waals surface area contributed by atoms with Crippen LogP contribution in [0.3, 0.4) is 0 Å². The fourth-order valence-electron chi connectivity index (χ4n) is 1.44. The Kier molecular flexibility index (Phi) is 5.13. The molecule has 0 aliphatic rings. The summed E-state index contributed by atoms with van der Waals surface area (Å²) in [5.74, 6) is 0. The Morgan fingerprint density at radius 2 is 2.11 bits per heavy atom.